The molecule has 2 heterocycles. The van der Waals surface area contributed by atoms with Gasteiger partial charge in [0.25, 0.3) is 11.5 Å². The van der Waals surface area contributed by atoms with Crippen LogP contribution in [0.25, 0.3) is 11.0 Å². The largest absolute Gasteiger partial charge is 0.460 e. The number of furan rings is 1. The van der Waals surface area contributed by atoms with E-state index in [1.165, 1.54) is 16.7 Å². The quantitative estimate of drug-likeness (QED) is 0.702. The highest BCUT2D eigenvalue weighted by Crippen LogP contribution is 2.24. The second-order valence-corrected chi connectivity index (χ2v) is 6.37. The van der Waals surface area contributed by atoms with Gasteiger partial charge in [-0.05, 0) is 37.1 Å². The normalized spacial score (nSPS) is 11.1. The van der Waals surface area contributed by atoms with Crippen LogP contribution < -0.4 is 5.56 Å². The number of nitrogens with zero attached hydrogens (tertiary/aromatic N) is 2. The number of pyridine rings is 1. The van der Waals surface area contributed by atoms with Crippen molar-refractivity contribution in [3.8, 4) is 0 Å². The van der Waals surface area contributed by atoms with Crippen LogP contribution in [0.3, 0.4) is 0 Å². The van der Waals surface area contributed by atoms with E-state index in [0.29, 0.717) is 28.8 Å². The monoisotopic (exact) mass is 356 g/mol. The summed E-state index contributed by atoms with van der Waals surface area (Å²) in [5.74, 6) is -0.113. The highest BCUT2D eigenvalue weighted by molar-refractivity contribution is 6.06. The van der Waals surface area contributed by atoms with Gasteiger partial charge >= 0.3 is 0 Å². The van der Waals surface area contributed by atoms with Crippen LogP contribution in [0.4, 0.5) is 4.39 Å². The van der Waals surface area contributed by atoms with Gasteiger partial charge in [0.15, 0.2) is 0 Å². The number of carbonyl (C=O) groups is 1. The van der Waals surface area contributed by atoms with Crippen molar-refractivity contribution in [3.63, 3.8) is 0 Å². The second kappa shape index (κ2) is 7.15. The molecule has 0 N–H and O–H groups in total. The average Bonchev–Trinajstić information content (AvgIpc) is 2.95. The van der Waals surface area contributed by atoms with Gasteiger partial charge in [0.05, 0.1) is 17.5 Å². The fourth-order valence-electron chi connectivity index (χ4n) is 3.06. The van der Waals surface area contributed by atoms with E-state index >= 15 is 0 Å². The van der Waals surface area contributed by atoms with Crippen LogP contribution in [-0.2, 0) is 6.54 Å². The number of benzene rings is 1. The van der Waals surface area contributed by atoms with Crippen LogP contribution in [0.2, 0.25) is 0 Å². The Labute approximate surface area is 150 Å². The molecule has 3 rings (SSSR count). The van der Waals surface area contributed by atoms with Crippen molar-refractivity contribution in [2.75, 3.05) is 13.6 Å². The van der Waals surface area contributed by atoms with Gasteiger partial charge in [-0.1, -0.05) is 19.1 Å². The molecule has 0 saturated heterocycles. The molecular formula is C20H21FN2O3. The van der Waals surface area contributed by atoms with E-state index in [1.807, 2.05) is 6.92 Å². The maximum absolute atomic E-state index is 13.1. The summed E-state index contributed by atoms with van der Waals surface area (Å²) in [6.45, 7) is 4.57. The van der Waals surface area contributed by atoms with Crippen LogP contribution in [0.1, 0.15) is 35.0 Å². The number of hydrogen-bond acceptors (Lipinski definition) is 3. The molecule has 136 valence electrons. The number of amides is 1. The van der Waals surface area contributed by atoms with Crippen LogP contribution in [0.15, 0.2) is 45.7 Å². The Bertz CT molecular complexity index is 1000. The number of carbonyl (C=O) groups excluding carboxylic acids is 1. The summed E-state index contributed by atoms with van der Waals surface area (Å²) < 4.78 is 20.2. The maximum Gasteiger partial charge on any atom is 0.262 e. The van der Waals surface area contributed by atoms with Crippen molar-refractivity contribution in [2.24, 2.45) is 0 Å². The predicted molar refractivity (Wildman–Crippen MR) is 98.0 cm³/mol. The first-order chi connectivity index (χ1) is 12.4. The van der Waals surface area contributed by atoms with Crippen molar-refractivity contribution in [3.05, 3.63) is 69.6 Å². The van der Waals surface area contributed by atoms with Gasteiger partial charge in [0.1, 0.15) is 17.2 Å². The van der Waals surface area contributed by atoms with Gasteiger partial charge in [-0.3, -0.25) is 9.59 Å². The van der Waals surface area contributed by atoms with Gasteiger partial charge < -0.3 is 13.9 Å². The lowest BCUT2D eigenvalue weighted by Gasteiger charge is -2.15. The van der Waals surface area contributed by atoms with Gasteiger partial charge in [0.2, 0.25) is 0 Å². The Morgan fingerprint density at radius 2 is 1.92 bits per heavy atom. The molecule has 0 aliphatic rings. The molecule has 2 aromatic heterocycles. The summed E-state index contributed by atoms with van der Waals surface area (Å²) in [6.07, 6.45) is 2.45. The van der Waals surface area contributed by atoms with Gasteiger partial charge in [-0.15, -0.1) is 0 Å². The first-order valence-corrected chi connectivity index (χ1v) is 8.54. The number of hydrogen-bond donors (Lipinski definition) is 0. The van der Waals surface area contributed by atoms with E-state index < -0.39 is 0 Å². The molecule has 5 nitrogen and oxygen atoms in total. The summed E-state index contributed by atoms with van der Waals surface area (Å²) in [5.41, 5.74) is 1.21. The Kier molecular flexibility index (Phi) is 4.93. The molecule has 0 unspecified atom stereocenters. The number of halogens is 1. The molecule has 1 amide bonds. The zero-order chi connectivity index (χ0) is 18.8. The minimum Gasteiger partial charge on any atom is -0.460 e. The van der Waals surface area contributed by atoms with Crippen LogP contribution >= 0.6 is 0 Å². The standard InChI is InChI=1S/C20H21FN2O3/c1-4-10-22(3)19(24)17-13(2)26-16-9-11-23(20(25)18(16)17)12-14-5-7-15(21)8-6-14/h5-9,11H,4,10,12H2,1-3H3. The Balaban J connectivity index is 2.07. The van der Waals surface area contributed by atoms with Crippen molar-refractivity contribution in [2.45, 2.75) is 26.8 Å². The SMILES string of the molecule is CCCN(C)C(=O)c1c(C)oc2ccn(Cc3ccc(F)cc3)c(=O)c12. The topological polar surface area (TPSA) is 55.5 Å². The molecule has 0 aliphatic carbocycles. The van der Waals surface area contributed by atoms with Gasteiger partial charge in [-0.2, -0.15) is 0 Å². The number of aromatic nitrogens is 1. The highest BCUT2D eigenvalue weighted by Gasteiger charge is 2.24. The maximum atomic E-state index is 13.1. The number of fused-ring (bicyclic) bond motifs is 1. The fraction of sp³-hybridized carbons (Fsp3) is 0.300. The molecule has 0 radical (unpaired) electrons. The van der Waals surface area contributed by atoms with E-state index in [9.17, 15) is 14.0 Å². The molecule has 6 heteroatoms. The smallest absolute Gasteiger partial charge is 0.262 e. The molecule has 3 aromatic rings. The third-order valence-electron chi connectivity index (χ3n) is 4.38. The molecule has 0 atom stereocenters. The summed E-state index contributed by atoms with van der Waals surface area (Å²) in [7, 11) is 1.71. The first kappa shape index (κ1) is 17.9. The highest BCUT2D eigenvalue weighted by atomic mass is 19.1. The first-order valence-electron chi connectivity index (χ1n) is 8.54. The van der Waals surface area contributed by atoms with Gasteiger partial charge in [-0.25, -0.2) is 4.39 Å². The van der Waals surface area contributed by atoms with E-state index in [4.69, 9.17) is 4.42 Å². The van der Waals surface area contributed by atoms with E-state index in [2.05, 4.69) is 0 Å². The van der Waals surface area contributed by atoms with Crippen LogP contribution in [0, 0.1) is 12.7 Å². The summed E-state index contributed by atoms with van der Waals surface area (Å²) in [5, 5.41) is 0.292. The van der Waals surface area contributed by atoms with Crippen LogP contribution in [-0.4, -0.2) is 29.0 Å². The van der Waals surface area contributed by atoms with E-state index in [-0.39, 0.29) is 23.8 Å². The summed E-state index contributed by atoms with van der Waals surface area (Å²) in [4.78, 5) is 27.3. The second-order valence-electron chi connectivity index (χ2n) is 6.37. The zero-order valence-electron chi connectivity index (χ0n) is 15.1. The molecule has 1 aromatic carbocycles. The predicted octanol–water partition coefficient (Wildman–Crippen LogP) is 3.57. The molecule has 26 heavy (non-hydrogen) atoms. The lowest BCUT2D eigenvalue weighted by Crippen LogP contribution is -2.29. The minimum atomic E-state index is -0.325. The minimum absolute atomic E-state index is 0.222. The average molecular weight is 356 g/mol. The van der Waals surface area contributed by atoms with E-state index in [0.717, 1.165) is 12.0 Å². The molecule has 0 bridgehead atoms. The van der Waals surface area contributed by atoms with Crippen molar-refractivity contribution >= 4 is 16.9 Å². The van der Waals surface area contributed by atoms with Crippen molar-refractivity contribution in [1.29, 1.82) is 0 Å². The van der Waals surface area contributed by atoms with Crippen molar-refractivity contribution in [1.82, 2.24) is 9.47 Å². The number of rotatable bonds is 5. The Morgan fingerprint density at radius 3 is 2.58 bits per heavy atom. The summed E-state index contributed by atoms with van der Waals surface area (Å²) in [6, 6.07) is 7.66. The lowest BCUT2D eigenvalue weighted by molar-refractivity contribution is 0.0795. The molecule has 0 aliphatic heterocycles. The Morgan fingerprint density at radius 1 is 1.23 bits per heavy atom. The van der Waals surface area contributed by atoms with Crippen molar-refractivity contribution < 1.29 is 13.6 Å². The fourth-order valence-corrected chi connectivity index (χ4v) is 3.06. The van der Waals surface area contributed by atoms with Crippen LogP contribution in [0.5, 0.6) is 0 Å². The third kappa shape index (κ3) is 3.27. The molecular weight excluding hydrogens is 335 g/mol. The third-order valence-corrected chi connectivity index (χ3v) is 4.38. The molecule has 0 saturated carbocycles. The summed E-state index contributed by atoms with van der Waals surface area (Å²) >= 11 is 0. The number of aryl methyl sites for hydroxylation is 1. The molecule has 0 fully saturated rings. The lowest BCUT2D eigenvalue weighted by atomic mass is 10.1. The Hall–Kier alpha value is -2.89. The van der Waals surface area contributed by atoms with E-state index in [1.54, 1.807) is 43.3 Å². The van der Waals surface area contributed by atoms with Gasteiger partial charge in [0, 0.05) is 19.8 Å². The zero-order valence-corrected chi connectivity index (χ0v) is 15.1. The molecule has 0 spiro atoms.